The number of rotatable bonds is 3. The van der Waals surface area contributed by atoms with Crippen molar-refractivity contribution < 1.29 is 14.0 Å². The third-order valence-electron chi connectivity index (χ3n) is 5.14. The van der Waals surface area contributed by atoms with Crippen molar-refractivity contribution in [3.05, 3.63) is 59.4 Å². The summed E-state index contributed by atoms with van der Waals surface area (Å²) >= 11 is 6.00. The van der Waals surface area contributed by atoms with Crippen molar-refractivity contribution in [2.75, 3.05) is 36.0 Å². The summed E-state index contributed by atoms with van der Waals surface area (Å²) in [6.07, 6.45) is 0.182. The van der Waals surface area contributed by atoms with Gasteiger partial charge in [-0.15, -0.1) is 0 Å². The maximum absolute atomic E-state index is 13.1. The van der Waals surface area contributed by atoms with E-state index in [1.807, 2.05) is 0 Å². The third kappa shape index (κ3) is 3.55. The molecule has 2 aliphatic heterocycles. The van der Waals surface area contributed by atoms with Gasteiger partial charge in [0, 0.05) is 36.9 Å². The zero-order valence-electron chi connectivity index (χ0n) is 14.6. The van der Waals surface area contributed by atoms with Crippen LogP contribution < -0.4 is 9.80 Å². The van der Waals surface area contributed by atoms with Crippen LogP contribution in [0.3, 0.4) is 0 Å². The molecule has 0 bridgehead atoms. The van der Waals surface area contributed by atoms with Crippen molar-refractivity contribution in [3.8, 4) is 0 Å². The van der Waals surface area contributed by atoms with Gasteiger partial charge in [0.1, 0.15) is 5.82 Å². The van der Waals surface area contributed by atoms with Crippen molar-refractivity contribution >= 4 is 34.8 Å². The van der Waals surface area contributed by atoms with Crippen molar-refractivity contribution in [2.45, 2.75) is 12.5 Å². The fraction of sp³-hybridized carbons (Fsp3) is 0.300. The van der Waals surface area contributed by atoms with Crippen LogP contribution in [-0.2, 0) is 9.59 Å². The number of amides is 2. The summed E-state index contributed by atoms with van der Waals surface area (Å²) in [5, 5.41) is 0.490. The van der Waals surface area contributed by atoms with Gasteiger partial charge in [-0.05, 0) is 42.5 Å². The van der Waals surface area contributed by atoms with Gasteiger partial charge in [-0.25, -0.2) is 9.29 Å². The van der Waals surface area contributed by atoms with Crippen LogP contribution in [-0.4, -0.2) is 48.9 Å². The minimum Gasteiger partial charge on any atom is -0.369 e. The summed E-state index contributed by atoms with van der Waals surface area (Å²) in [5.41, 5.74) is 1.48. The number of carbonyl (C=O) groups is 2. The quantitative estimate of drug-likeness (QED) is 0.759. The summed E-state index contributed by atoms with van der Waals surface area (Å²) < 4.78 is 13.1. The van der Waals surface area contributed by atoms with Crippen molar-refractivity contribution in [1.29, 1.82) is 0 Å². The second-order valence-corrected chi connectivity index (χ2v) is 7.20. The van der Waals surface area contributed by atoms with E-state index >= 15 is 0 Å². The van der Waals surface area contributed by atoms with E-state index in [0.29, 0.717) is 23.8 Å². The molecule has 0 spiro atoms. The standard InChI is InChI=1S/C20H19ClFN3O2/c21-14-2-1-3-17(12-14)25-19(26)13-18(20(25)27)24-10-8-23(9-11-24)16-6-4-15(22)5-7-16/h1-7,12,18H,8-11,13H2/t18-/m0/s1. The fourth-order valence-electron chi connectivity index (χ4n) is 3.73. The highest BCUT2D eigenvalue weighted by Crippen LogP contribution is 2.28. The number of halogens is 2. The summed E-state index contributed by atoms with van der Waals surface area (Å²) in [5.74, 6) is -0.653. The van der Waals surface area contributed by atoms with Gasteiger partial charge in [-0.2, -0.15) is 0 Å². The Morgan fingerprint density at radius 1 is 0.926 bits per heavy atom. The first-order chi connectivity index (χ1) is 13.0. The lowest BCUT2D eigenvalue weighted by Crippen LogP contribution is -2.52. The molecule has 2 aromatic carbocycles. The molecular weight excluding hydrogens is 369 g/mol. The maximum Gasteiger partial charge on any atom is 0.251 e. The fourth-order valence-corrected chi connectivity index (χ4v) is 3.92. The Labute approximate surface area is 161 Å². The van der Waals surface area contributed by atoms with Crippen molar-refractivity contribution in [3.63, 3.8) is 0 Å². The SMILES string of the molecule is O=C1C[C@H](N2CCN(c3ccc(F)cc3)CC2)C(=O)N1c1cccc(Cl)c1. The number of benzene rings is 2. The molecule has 0 N–H and O–H groups in total. The Bertz CT molecular complexity index is 866. The number of piperazine rings is 1. The smallest absolute Gasteiger partial charge is 0.251 e. The van der Waals surface area contributed by atoms with E-state index in [0.717, 1.165) is 18.8 Å². The molecule has 140 valence electrons. The first-order valence-electron chi connectivity index (χ1n) is 8.90. The second kappa shape index (κ2) is 7.29. The number of anilines is 2. The van der Waals surface area contributed by atoms with Gasteiger partial charge in [-0.1, -0.05) is 17.7 Å². The largest absolute Gasteiger partial charge is 0.369 e. The van der Waals surface area contributed by atoms with Crippen LogP contribution >= 0.6 is 11.6 Å². The molecule has 2 saturated heterocycles. The highest BCUT2D eigenvalue weighted by molar-refractivity contribution is 6.31. The van der Waals surface area contributed by atoms with E-state index in [4.69, 9.17) is 11.6 Å². The lowest BCUT2D eigenvalue weighted by atomic mass is 10.1. The van der Waals surface area contributed by atoms with Gasteiger partial charge in [0.05, 0.1) is 18.2 Å². The van der Waals surface area contributed by atoms with Crippen molar-refractivity contribution in [1.82, 2.24) is 4.90 Å². The third-order valence-corrected chi connectivity index (χ3v) is 5.37. The van der Waals surface area contributed by atoms with Crippen LogP contribution in [0.15, 0.2) is 48.5 Å². The summed E-state index contributed by atoms with van der Waals surface area (Å²) in [4.78, 5) is 30.8. The zero-order valence-corrected chi connectivity index (χ0v) is 15.4. The van der Waals surface area contributed by atoms with E-state index in [9.17, 15) is 14.0 Å². The summed E-state index contributed by atoms with van der Waals surface area (Å²) in [6.45, 7) is 2.79. The highest BCUT2D eigenvalue weighted by atomic mass is 35.5. The number of carbonyl (C=O) groups excluding carboxylic acids is 2. The predicted molar refractivity (Wildman–Crippen MR) is 103 cm³/mol. The van der Waals surface area contributed by atoms with Crippen LogP contribution in [0.2, 0.25) is 5.02 Å². The molecular formula is C20H19ClFN3O2. The van der Waals surface area contributed by atoms with Crippen LogP contribution in [0.25, 0.3) is 0 Å². The first kappa shape index (κ1) is 17.9. The lowest BCUT2D eigenvalue weighted by molar-refractivity contribution is -0.123. The molecule has 0 aliphatic carbocycles. The summed E-state index contributed by atoms with van der Waals surface area (Å²) in [6, 6.07) is 12.8. The van der Waals surface area contributed by atoms with Crippen LogP contribution in [0, 0.1) is 5.82 Å². The molecule has 2 heterocycles. The zero-order chi connectivity index (χ0) is 19.0. The molecule has 1 atom stereocenters. The van der Waals surface area contributed by atoms with E-state index in [-0.39, 0.29) is 24.1 Å². The van der Waals surface area contributed by atoms with E-state index in [1.165, 1.54) is 17.0 Å². The molecule has 2 aromatic rings. The summed E-state index contributed by atoms with van der Waals surface area (Å²) in [7, 11) is 0. The van der Waals surface area contributed by atoms with Crippen LogP contribution in [0.1, 0.15) is 6.42 Å². The Kier molecular flexibility index (Phi) is 4.85. The topological polar surface area (TPSA) is 43.9 Å². The Morgan fingerprint density at radius 2 is 1.63 bits per heavy atom. The first-order valence-corrected chi connectivity index (χ1v) is 9.27. The van der Waals surface area contributed by atoms with Gasteiger partial charge in [0.2, 0.25) is 5.91 Å². The number of imide groups is 1. The van der Waals surface area contributed by atoms with E-state index in [1.54, 1.807) is 36.4 Å². The molecule has 0 saturated carbocycles. The Balaban J connectivity index is 1.44. The Hall–Kier alpha value is -2.44. The molecule has 27 heavy (non-hydrogen) atoms. The average Bonchev–Trinajstić information content (AvgIpc) is 2.97. The van der Waals surface area contributed by atoms with E-state index < -0.39 is 6.04 Å². The van der Waals surface area contributed by atoms with Crippen molar-refractivity contribution in [2.24, 2.45) is 0 Å². The molecule has 7 heteroatoms. The molecule has 2 fully saturated rings. The van der Waals surface area contributed by atoms with Gasteiger partial charge in [-0.3, -0.25) is 14.5 Å². The van der Waals surface area contributed by atoms with Gasteiger partial charge >= 0.3 is 0 Å². The molecule has 4 rings (SSSR count). The van der Waals surface area contributed by atoms with Gasteiger partial charge < -0.3 is 4.90 Å². The molecule has 0 aromatic heterocycles. The average molecular weight is 388 g/mol. The minimum atomic E-state index is -0.438. The molecule has 2 amide bonds. The van der Waals surface area contributed by atoms with E-state index in [2.05, 4.69) is 9.80 Å². The lowest BCUT2D eigenvalue weighted by Gasteiger charge is -2.38. The number of hydrogen-bond acceptors (Lipinski definition) is 4. The molecule has 5 nitrogen and oxygen atoms in total. The minimum absolute atomic E-state index is 0.182. The predicted octanol–water partition coefficient (Wildman–Crippen LogP) is 2.93. The van der Waals surface area contributed by atoms with Crippen LogP contribution in [0.5, 0.6) is 0 Å². The highest BCUT2D eigenvalue weighted by Gasteiger charge is 2.43. The Morgan fingerprint density at radius 3 is 2.30 bits per heavy atom. The van der Waals surface area contributed by atoms with Crippen LogP contribution in [0.4, 0.5) is 15.8 Å². The molecule has 2 aliphatic rings. The monoisotopic (exact) mass is 387 g/mol. The van der Waals surface area contributed by atoms with Gasteiger partial charge in [0.25, 0.3) is 5.91 Å². The number of nitrogens with zero attached hydrogens (tertiary/aromatic N) is 3. The normalized spacial score (nSPS) is 21.2. The number of hydrogen-bond donors (Lipinski definition) is 0. The second-order valence-electron chi connectivity index (χ2n) is 6.77. The molecule has 0 unspecified atom stereocenters. The maximum atomic E-state index is 13.1. The van der Waals surface area contributed by atoms with Gasteiger partial charge in [0.15, 0.2) is 0 Å². The molecule has 0 radical (unpaired) electrons.